The van der Waals surface area contributed by atoms with Gasteiger partial charge in [0.1, 0.15) is 18.1 Å². The highest BCUT2D eigenvalue weighted by Gasteiger charge is 2.25. The zero-order valence-electron chi connectivity index (χ0n) is 14.0. The molecule has 5 nitrogen and oxygen atoms in total. The van der Waals surface area contributed by atoms with Crippen molar-refractivity contribution in [1.29, 1.82) is 0 Å². The minimum absolute atomic E-state index is 0.0222. The van der Waals surface area contributed by atoms with Gasteiger partial charge < -0.3 is 14.8 Å². The minimum atomic E-state index is -0.186. The summed E-state index contributed by atoms with van der Waals surface area (Å²) in [5, 5.41) is 2.77. The number of fused-ring (bicyclic) bond motifs is 2. The predicted octanol–water partition coefficient (Wildman–Crippen LogP) is 3.29. The third-order valence-electron chi connectivity index (χ3n) is 4.30. The van der Waals surface area contributed by atoms with Gasteiger partial charge in [-0.15, -0.1) is 0 Å². The highest BCUT2D eigenvalue weighted by atomic mass is 16.5. The molecule has 0 saturated carbocycles. The number of benzene rings is 2. The standard InChI is InChI=1S/C20H17NO4/c1-11-5-12(2)20-15(6-11)19(23)14(9-25-20)7-13-3-4-17-16(8-13)21-18(22)10-24-17/h3-8H,9-10H2,1-2H3,(H,21,22)/b14-7-. The zero-order valence-corrected chi connectivity index (χ0v) is 14.0. The van der Waals surface area contributed by atoms with Gasteiger partial charge in [0.15, 0.2) is 12.4 Å². The van der Waals surface area contributed by atoms with E-state index in [9.17, 15) is 9.59 Å². The first-order valence-electron chi connectivity index (χ1n) is 8.07. The number of amides is 1. The van der Waals surface area contributed by atoms with Crippen LogP contribution in [0.2, 0.25) is 0 Å². The molecule has 0 atom stereocenters. The van der Waals surface area contributed by atoms with E-state index in [-0.39, 0.29) is 24.9 Å². The third-order valence-corrected chi connectivity index (χ3v) is 4.30. The second kappa shape index (κ2) is 5.77. The molecule has 25 heavy (non-hydrogen) atoms. The second-order valence-electron chi connectivity index (χ2n) is 6.34. The van der Waals surface area contributed by atoms with E-state index in [0.29, 0.717) is 28.3 Å². The summed E-state index contributed by atoms with van der Waals surface area (Å²) in [6.07, 6.45) is 1.80. The SMILES string of the molecule is Cc1cc(C)c2c(c1)C(=O)/C(=C\c1ccc3c(c1)NC(=O)CO3)CO2. The van der Waals surface area contributed by atoms with Crippen molar-refractivity contribution in [2.75, 3.05) is 18.5 Å². The number of rotatable bonds is 1. The lowest BCUT2D eigenvalue weighted by Crippen LogP contribution is -2.25. The molecule has 0 bridgehead atoms. The van der Waals surface area contributed by atoms with Gasteiger partial charge in [0.2, 0.25) is 0 Å². The molecule has 1 N–H and O–H groups in total. The van der Waals surface area contributed by atoms with Crippen molar-refractivity contribution in [3.8, 4) is 11.5 Å². The fourth-order valence-electron chi connectivity index (χ4n) is 3.20. The van der Waals surface area contributed by atoms with Gasteiger partial charge in [0, 0.05) is 5.57 Å². The number of carbonyl (C=O) groups excluding carboxylic acids is 2. The number of ketones is 1. The van der Waals surface area contributed by atoms with E-state index < -0.39 is 0 Å². The van der Waals surface area contributed by atoms with Crippen molar-refractivity contribution < 1.29 is 19.1 Å². The maximum atomic E-state index is 12.8. The molecule has 0 radical (unpaired) electrons. The highest BCUT2D eigenvalue weighted by Crippen LogP contribution is 2.33. The summed E-state index contributed by atoms with van der Waals surface area (Å²) < 4.78 is 11.2. The van der Waals surface area contributed by atoms with Crippen LogP contribution < -0.4 is 14.8 Å². The summed E-state index contributed by atoms with van der Waals surface area (Å²) in [6.45, 7) is 4.16. The normalized spacial score (nSPS) is 17.3. The number of Topliss-reactive ketones (excluding diaryl/α,β-unsaturated/α-hetero) is 1. The Morgan fingerprint density at radius 1 is 1.04 bits per heavy atom. The van der Waals surface area contributed by atoms with Gasteiger partial charge in [0.25, 0.3) is 5.91 Å². The Balaban J connectivity index is 1.70. The summed E-state index contributed by atoms with van der Waals surface area (Å²) >= 11 is 0. The first-order valence-corrected chi connectivity index (χ1v) is 8.07. The lowest BCUT2D eigenvalue weighted by atomic mass is 9.94. The Morgan fingerprint density at radius 3 is 2.72 bits per heavy atom. The molecule has 1 amide bonds. The molecule has 0 aromatic heterocycles. The van der Waals surface area contributed by atoms with E-state index in [0.717, 1.165) is 16.7 Å². The number of hydrogen-bond donors (Lipinski definition) is 1. The van der Waals surface area contributed by atoms with Crippen LogP contribution in [0.25, 0.3) is 6.08 Å². The van der Waals surface area contributed by atoms with Crippen LogP contribution in [0.15, 0.2) is 35.9 Å². The smallest absolute Gasteiger partial charge is 0.262 e. The zero-order chi connectivity index (χ0) is 17.6. The molecule has 4 rings (SSSR count). The van der Waals surface area contributed by atoms with Crippen molar-refractivity contribution >= 4 is 23.5 Å². The van der Waals surface area contributed by atoms with Crippen molar-refractivity contribution in [2.45, 2.75) is 13.8 Å². The Morgan fingerprint density at radius 2 is 1.88 bits per heavy atom. The predicted molar refractivity (Wildman–Crippen MR) is 94.3 cm³/mol. The molecule has 0 fully saturated rings. The van der Waals surface area contributed by atoms with E-state index in [2.05, 4.69) is 5.32 Å². The Hall–Kier alpha value is -3.08. The Labute approximate surface area is 145 Å². The summed E-state index contributed by atoms with van der Waals surface area (Å²) in [5.74, 6) is 1.09. The van der Waals surface area contributed by atoms with Crippen LogP contribution in [0, 0.1) is 13.8 Å². The summed E-state index contributed by atoms with van der Waals surface area (Å²) in [6, 6.07) is 9.31. The van der Waals surface area contributed by atoms with Crippen LogP contribution in [0.5, 0.6) is 11.5 Å². The lowest BCUT2D eigenvalue weighted by molar-refractivity contribution is -0.118. The number of anilines is 1. The largest absolute Gasteiger partial charge is 0.488 e. The van der Waals surface area contributed by atoms with Crippen LogP contribution in [0.3, 0.4) is 0 Å². The van der Waals surface area contributed by atoms with Crippen LogP contribution in [0.4, 0.5) is 5.69 Å². The molecular weight excluding hydrogens is 318 g/mol. The quantitative estimate of drug-likeness (QED) is 0.812. The van der Waals surface area contributed by atoms with Gasteiger partial charge >= 0.3 is 0 Å². The van der Waals surface area contributed by atoms with E-state index in [1.54, 1.807) is 18.2 Å². The van der Waals surface area contributed by atoms with Crippen molar-refractivity contribution in [3.05, 3.63) is 58.2 Å². The number of carbonyl (C=O) groups is 2. The van der Waals surface area contributed by atoms with Gasteiger partial charge in [-0.3, -0.25) is 9.59 Å². The molecule has 0 aliphatic carbocycles. The Bertz CT molecular complexity index is 943. The molecule has 126 valence electrons. The molecule has 5 heteroatoms. The fraction of sp³-hybridized carbons (Fsp3) is 0.200. The molecule has 2 heterocycles. The monoisotopic (exact) mass is 335 g/mol. The summed E-state index contributed by atoms with van der Waals surface area (Å²) in [7, 11) is 0. The number of nitrogens with one attached hydrogen (secondary N) is 1. The summed E-state index contributed by atoms with van der Waals surface area (Å²) in [5.41, 5.74) is 4.61. The number of ether oxygens (including phenoxy) is 2. The molecule has 2 aliphatic heterocycles. The molecule has 0 saturated heterocycles. The first-order chi connectivity index (χ1) is 12.0. The molecular formula is C20H17NO4. The van der Waals surface area contributed by atoms with Gasteiger partial charge in [-0.05, 0) is 54.8 Å². The fourth-order valence-corrected chi connectivity index (χ4v) is 3.20. The van der Waals surface area contributed by atoms with Gasteiger partial charge in [-0.1, -0.05) is 12.1 Å². The molecule has 0 unspecified atom stereocenters. The van der Waals surface area contributed by atoms with Gasteiger partial charge in [-0.25, -0.2) is 0 Å². The third kappa shape index (κ3) is 2.78. The second-order valence-corrected chi connectivity index (χ2v) is 6.34. The Kier molecular flexibility index (Phi) is 3.57. The van der Waals surface area contributed by atoms with E-state index in [1.165, 1.54) is 0 Å². The van der Waals surface area contributed by atoms with Gasteiger partial charge in [0.05, 0.1) is 11.3 Å². The first kappa shape index (κ1) is 15.4. The average molecular weight is 335 g/mol. The van der Waals surface area contributed by atoms with Crippen LogP contribution in [0.1, 0.15) is 27.0 Å². The van der Waals surface area contributed by atoms with Gasteiger partial charge in [-0.2, -0.15) is 0 Å². The number of hydrogen-bond acceptors (Lipinski definition) is 4. The minimum Gasteiger partial charge on any atom is -0.488 e. The van der Waals surface area contributed by atoms with Crippen LogP contribution in [-0.4, -0.2) is 24.9 Å². The van der Waals surface area contributed by atoms with E-state index in [1.807, 2.05) is 32.0 Å². The molecule has 2 aromatic carbocycles. The van der Waals surface area contributed by atoms with Crippen LogP contribution >= 0.6 is 0 Å². The topological polar surface area (TPSA) is 64.6 Å². The number of aryl methyl sites for hydroxylation is 2. The molecule has 2 aromatic rings. The lowest BCUT2D eigenvalue weighted by Gasteiger charge is -2.22. The van der Waals surface area contributed by atoms with Crippen molar-refractivity contribution in [3.63, 3.8) is 0 Å². The average Bonchev–Trinajstić information content (AvgIpc) is 2.57. The maximum Gasteiger partial charge on any atom is 0.262 e. The summed E-state index contributed by atoms with van der Waals surface area (Å²) in [4.78, 5) is 24.3. The van der Waals surface area contributed by atoms with Crippen LogP contribution in [-0.2, 0) is 4.79 Å². The molecule has 2 aliphatic rings. The van der Waals surface area contributed by atoms with E-state index in [4.69, 9.17) is 9.47 Å². The molecule has 0 spiro atoms. The van der Waals surface area contributed by atoms with E-state index >= 15 is 0 Å². The maximum absolute atomic E-state index is 12.8. The highest BCUT2D eigenvalue weighted by molar-refractivity contribution is 6.14. The van der Waals surface area contributed by atoms with Crippen molar-refractivity contribution in [2.24, 2.45) is 0 Å². The van der Waals surface area contributed by atoms with Crippen molar-refractivity contribution in [1.82, 2.24) is 0 Å².